The van der Waals surface area contributed by atoms with Crippen molar-refractivity contribution in [1.29, 1.82) is 0 Å². The number of rotatable bonds is 21. The molecule has 3 nitrogen and oxygen atoms in total. The van der Waals surface area contributed by atoms with E-state index < -0.39 is 0 Å². The Morgan fingerprint density at radius 1 is 0.640 bits per heavy atom. The lowest BCUT2D eigenvalue weighted by atomic mass is 10.0. The predicted octanol–water partition coefficient (Wildman–Crippen LogP) is 5.79. The molecule has 150 valence electrons. The molecule has 0 aliphatic carbocycles. The number of ketones is 1. The van der Waals surface area contributed by atoms with Crippen LogP contribution in [0.1, 0.15) is 116 Å². The molecule has 0 fully saturated rings. The molecule has 0 aromatic rings. The van der Waals surface area contributed by atoms with Gasteiger partial charge < -0.3 is 10.4 Å². The lowest BCUT2D eigenvalue weighted by Crippen LogP contribution is -2.18. The second kappa shape index (κ2) is 21.6. The van der Waals surface area contributed by atoms with Crippen LogP contribution in [0.4, 0.5) is 0 Å². The minimum Gasteiger partial charge on any atom is -0.396 e. The molecule has 0 saturated carbocycles. The zero-order chi connectivity index (χ0) is 18.4. The summed E-state index contributed by atoms with van der Waals surface area (Å²) in [6.45, 7) is 4.26. The Morgan fingerprint density at radius 2 is 1.08 bits per heavy atom. The number of carbonyl (C=O) groups excluding carboxylic acids is 1. The third-order valence-corrected chi connectivity index (χ3v) is 4.88. The minimum atomic E-state index is 0.241. The first kappa shape index (κ1) is 24.6. The number of aliphatic hydroxyl groups is 1. The highest BCUT2D eigenvalue weighted by Gasteiger charge is 2.01. The predicted molar refractivity (Wildman–Crippen MR) is 109 cm³/mol. The molecular formula is C22H45NO2. The molecule has 25 heavy (non-hydrogen) atoms. The fourth-order valence-electron chi connectivity index (χ4n) is 3.20. The summed E-state index contributed by atoms with van der Waals surface area (Å²) < 4.78 is 0. The third-order valence-electron chi connectivity index (χ3n) is 4.88. The highest BCUT2D eigenvalue weighted by molar-refractivity contribution is 5.78. The fourth-order valence-corrected chi connectivity index (χ4v) is 3.20. The van der Waals surface area contributed by atoms with Gasteiger partial charge in [0.25, 0.3) is 0 Å². The topological polar surface area (TPSA) is 49.3 Å². The van der Waals surface area contributed by atoms with Crippen LogP contribution in [-0.2, 0) is 4.79 Å². The molecule has 0 rings (SSSR count). The second-order valence-corrected chi connectivity index (χ2v) is 7.46. The summed E-state index contributed by atoms with van der Waals surface area (Å²) in [6, 6.07) is 0. The van der Waals surface area contributed by atoms with Crippen molar-refractivity contribution in [2.75, 3.05) is 19.7 Å². The summed E-state index contributed by atoms with van der Waals surface area (Å²) in [5.41, 5.74) is 0. The van der Waals surface area contributed by atoms with Gasteiger partial charge >= 0.3 is 0 Å². The van der Waals surface area contributed by atoms with Gasteiger partial charge in [-0.2, -0.15) is 0 Å². The molecule has 3 heteroatoms. The molecule has 0 spiro atoms. The van der Waals surface area contributed by atoms with Gasteiger partial charge in [0.05, 0.1) is 0 Å². The quantitative estimate of drug-likeness (QED) is 0.256. The number of Topliss-reactive ketones (excluding diaryl/α,β-unsaturated/α-hetero) is 1. The van der Waals surface area contributed by atoms with Crippen LogP contribution in [0.2, 0.25) is 0 Å². The molecule has 0 radical (unpaired) electrons. The summed E-state index contributed by atoms with van der Waals surface area (Å²) in [5, 5.41) is 11.9. The van der Waals surface area contributed by atoms with E-state index in [1.165, 1.54) is 77.0 Å². The van der Waals surface area contributed by atoms with Gasteiger partial charge in [0, 0.05) is 19.4 Å². The lowest BCUT2D eigenvalue weighted by molar-refractivity contribution is -0.119. The monoisotopic (exact) mass is 355 g/mol. The van der Waals surface area contributed by atoms with Crippen molar-refractivity contribution in [1.82, 2.24) is 5.32 Å². The first-order valence-electron chi connectivity index (χ1n) is 11.1. The number of unbranched alkanes of at least 4 members (excludes halogenated alkanes) is 12. The standard InChI is InChI=1S/C22H45NO2/c1-2-3-4-5-6-7-8-9-10-11-12-13-14-17-22(25)18-15-19-23-20-16-21-24/h23-24H,2-21H2,1H3. The van der Waals surface area contributed by atoms with Crippen LogP contribution in [0, 0.1) is 0 Å². The Kier molecular flexibility index (Phi) is 21.3. The van der Waals surface area contributed by atoms with Crippen LogP contribution in [-0.4, -0.2) is 30.6 Å². The van der Waals surface area contributed by atoms with Crippen molar-refractivity contribution in [3.05, 3.63) is 0 Å². The van der Waals surface area contributed by atoms with E-state index in [2.05, 4.69) is 12.2 Å². The number of aliphatic hydroxyl groups excluding tert-OH is 1. The van der Waals surface area contributed by atoms with Crippen LogP contribution in [0.25, 0.3) is 0 Å². The van der Waals surface area contributed by atoms with Gasteiger partial charge in [-0.15, -0.1) is 0 Å². The van der Waals surface area contributed by atoms with E-state index >= 15 is 0 Å². The molecule has 0 bridgehead atoms. The molecule has 0 atom stereocenters. The second-order valence-electron chi connectivity index (χ2n) is 7.46. The summed E-state index contributed by atoms with van der Waals surface area (Å²) in [5.74, 6) is 0.423. The molecular weight excluding hydrogens is 310 g/mol. The minimum absolute atomic E-state index is 0.241. The first-order chi connectivity index (χ1) is 12.3. The largest absolute Gasteiger partial charge is 0.396 e. The van der Waals surface area contributed by atoms with Gasteiger partial charge in [-0.1, -0.05) is 84.0 Å². The summed E-state index contributed by atoms with van der Waals surface area (Å²) in [4.78, 5) is 11.8. The zero-order valence-electron chi connectivity index (χ0n) is 17.0. The summed E-state index contributed by atoms with van der Waals surface area (Å²) in [6.07, 6.45) is 20.8. The van der Waals surface area contributed by atoms with Gasteiger partial charge in [-0.05, 0) is 32.4 Å². The van der Waals surface area contributed by atoms with Crippen molar-refractivity contribution in [3.63, 3.8) is 0 Å². The molecule has 0 amide bonds. The number of carbonyl (C=O) groups is 1. The van der Waals surface area contributed by atoms with Crippen LogP contribution in [0.15, 0.2) is 0 Å². The average molecular weight is 356 g/mol. The van der Waals surface area contributed by atoms with Crippen LogP contribution < -0.4 is 5.32 Å². The van der Waals surface area contributed by atoms with Gasteiger partial charge in [-0.3, -0.25) is 4.79 Å². The van der Waals surface area contributed by atoms with E-state index in [1.54, 1.807) is 0 Å². The summed E-state index contributed by atoms with van der Waals surface area (Å²) in [7, 11) is 0. The van der Waals surface area contributed by atoms with Gasteiger partial charge in [0.1, 0.15) is 5.78 Å². The Balaban J connectivity index is 3.11. The number of hydrogen-bond acceptors (Lipinski definition) is 3. The highest BCUT2D eigenvalue weighted by atomic mass is 16.3. The zero-order valence-corrected chi connectivity index (χ0v) is 17.0. The number of hydrogen-bond donors (Lipinski definition) is 2. The van der Waals surface area contributed by atoms with E-state index in [0.717, 1.165) is 38.8 Å². The maximum atomic E-state index is 11.8. The van der Waals surface area contributed by atoms with Crippen LogP contribution >= 0.6 is 0 Å². The summed E-state index contributed by atoms with van der Waals surface area (Å²) >= 11 is 0. The third kappa shape index (κ3) is 21.5. The normalized spacial score (nSPS) is 11.1. The Hall–Kier alpha value is -0.410. The lowest BCUT2D eigenvalue weighted by Gasteiger charge is -2.04. The van der Waals surface area contributed by atoms with Crippen molar-refractivity contribution in [2.24, 2.45) is 0 Å². The van der Waals surface area contributed by atoms with E-state index in [4.69, 9.17) is 5.11 Å². The van der Waals surface area contributed by atoms with Gasteiger partial charge in [0.2, 0.25) is 0 Å². The van der Waals surface area contributed by atoms with Crippen molar-refractivity contribution >= 4 is 5.78 Å². The van der Waals surface area contributed by atoms with E-state index in [1.807, 2.05) is 0 Å². The van der Waals surface area contributed by atoms with E-state index in [-0.39, 0.29) is 6.61 Å². The molecule has 0 aromatic heterocycles. The first-order valence-corrected chi connectivity index (χ1v) is 11.1. The molecule has 0 aromatic carbocycles. The Morgan fingerprint density at radius 3 is 1.60 bits per heavy atom. The van der Waals surface area contributed by atoms with Gasteiger partial charge in [0.15, 0.2) is 0 Å². The molecule has 2 N–H and O–H groups in total. The molecule has 0 aliphatic rings. The van der Waals surface area contributed by atoms with Crippen molar-refractivity contribution < 1.29 is 9.90 Å². The van der Waals surface area contributed by atoms with E-state index in [0.29, 0.717) is 12.2 Å². The highest BCUT2D eigenvalue weighted by Crippen LogP contribution is 2.13. The molecule has 0 saturated heterocycles. The van der Waals surface area contributed by atoms with Crippen LogP contribution in [0.5, 0.6) is 0 Å². The van der Waals surface area contributed by atoms with Gasteiger partial charge in [-0.25, -0.2) is 0 Å². The molecule has 0 aliphatic heterocycles. The van der Waals surface area contributed by atoms with Crippen molar-refractivity contribution in [3.8, 4) is 0 Å². The molecule has 0 heterocycles. The maximum absolute atomic E-state index is 11.8. The van der Waals surface area contributed by atoms with E-state index in [9.17, 15) is 4.79 Å². The number of nitrogens with one attached hydrogen (secondary N) is 1. The maximum Gasteiger partial charge on any atom is 0.132 e. The Labute approximate surface area is 157 Å². The smallest absolute Gasteiger partial charge is 0.132 e. The van der Waals surface area contributed by atoms with Crippen molar-refractivity contribution in [2.45, 2.75) is 116 Å². The fraction of sp³-hybridized carbons (Fsp3) is 0.955. The van der Waals surface area contributed by atoms with Crippen LogP contribution in [0.3, 0.4) is 0 Å². The Bertz CT molecular complexity index is 269. The SMILES string of the molecule is CCCCCCCCCCCCCCCC(=O)CCCNCCCO. The molecule has 0 unspecified atom stereocenters. The average Bonchev–Trinajstić information content (AvgIpc) is 2.62.